The minimum atomic E-state index is -0.698. The van der Waals surface area contributed by atoms with Gasteiger partial charge in [0.2, 0.25) is 0 Å². The molecule has 0 amide bonds. The van der Waals surface area contributed by atoms with Crippen LogP contribution in [0.1, 0.15) is 18.4 Å². The van der Waals surface area contributed by atoms with Gasteiger partial charge < -0.3 is 4.74 Å². The standard InChI is InChI=1S/C14H17FN2O/c1-10-3-6-12(15)13(7-10)18-9-14(8-16,17-2)11-4-5-11/h3,6-7,11,17H,4-5,9H2,1-2H3. The fourth-order valence-electron chi connectivity index (χ4n) is 2.06. The van der Waals surface area contributed by atoms with Crippen molar-refractivity contribution in [3.05, 3.63) is 29.6 Å². The van der Waals surface area contributed by atoms with Crippen LogP contribution in [-0.4, -0.2) is 19.2 Å². The molecule has 0 bridgehead atoms. The highest BCUT2D eigenvalue weighted by Gasteiger charge is 2.45. The smallest absolute Gasteiger partial charge is 0.165 e. The summed E-state index contributed by atoms with van der Waals surface area (Å²) in [5.74, 6) is 0.130. The fraction of sp³-hybridized carbons (Fsp3) is 0.500. The average molecular weight is 248 g/mol. The van der Waals surface area contributed by atoms with Crippen LogP contribution in [0.4, 0.5) is 4.39 Å². The number of hydrogen-bond donors (Lipinski definition) is 1. The first kappa shape index (κ1) is 12.8. The topological polar surface area (TPSA) is 45.0 Å². The van der Waals surface area contributed by atoms with E-state index in [1.165, 1.54) is 6.07 Å². The second-order valence-corrected chi connectivity index (χ2v) is 4.83. The van der Waals surface area contributed by atoms with Crippen LogP contribution in [0.15, 0.2) is 18.2 Å². The SMILES string of the molecule is CNC(C#N)(COc1cc(C)ccc1F)C1CC1. The van der Waals surface area contributed by atoms with Crippen molar-refractivity contribution < 1.29 is 9.13 Å². The highest BCUT2D eigenvalue weighted by molar-refractivity contribution is 5.30. The predicted molar refractivity (Wildman–Crippen MR) is 66.8 cm³/mol. The number of aryl methyl sites for hydroxylation is 1. The molecular weight excluding hydrogens is 231 g/mol. The van der Waals surface area contributed by atoms with E-state index in [-0.39, 0.29) is 18.2 Å². The largest absolute Gasteiger partial charge is 0.487 e. The van der Waals surface area contributed by atoms with Gasteiger partial charge in [0.15, 0.2) is 11.6 Å². The van der Waals surface area contributed by atoms with E-state index in [1.54, 1.807) is 19.2 Å². The summed E-state index contributed by atoms with van der Waals surface area (Å²) in [4.78, 5) is 0. The molecule has 96 valence electrons. The molecule has 0 radical (unpaired) electrons. The average Bonchev–Trinajstić information content (AvgIpc) is 3.20. The van der Waals surface area contributed by atoms with Crippen LogP contribution in [0, 0.1) is 30.0 Å². The summed E-state index contributed by atoms with van der Waals surface area (Å²) in [6.45, 7) is 2.05. The lowest BCUT2D eigenvalue weighted by molar-refractivity contribution is 0.204. The predicted octanol–water partition coefficient (Wildman–Crippen LogP) is 2.40. The Balaban J connectivity index is 2.10. The molecule has 0 aliphatic heterocycles. The lowest BCUT2D eigenvalue weighted by atomic mass is 9.96. The van der Waals surface area contributed by atoms with Gasteiger partial charge in [0.05, 0.1) is 6.07 Å². The molecule has 0 aromatic heterocycles. The molecule has 1 fully saturated rings. The van der Waals surface area contributed by atoms with Crippen molar-refractivity contribution in [1.29, 1.82) is 5.26 Å². The van der Waals surface area contributed by atoms with Crippen molar-refractivity contribution in [1.82, 2.24) is 5.32 Å². The molecule has 1 atom stereocenters. The highest BCUT2D eigenvalue weighted by Crippen LogP contribution is 2.39. The molecule has 1 aliphatic carbocycles. The minimum Gasteiger partial charge on any atom is -0.487 e. The maximum Gasteiger partial charge on any atom is 0.165 e. The van der Waals surface area contributed by atoms with Gasteiger partial charge in [-0.05, 0) is 50.4 Å². The van der Waals surface area contributed by atoms with E-state index >= 15 is 0 Å². The van der Waals surface area contributed by atoms with Crippen LogP contribution >= 0.6 is 0 Å². The molecule has 4 heteroatoms. The molecule has 1 N–H and O–H groups in total. The number of likely N-dealkylation sites (N-methyl/N-ethyl adjacent to an activating group) is 1. The van der Waals surface area contributed by atoms with Crippen LogP contribution in [0.3, 0.4) is 0 Å². The Labute approximate surface area is 107 Å². The molecular formula is C14H17FN2O. The summed E-state index contributed by atoms with van der Waals surface area (Å²) in [6.07, 6.45) is 2.04. The molecule has 18 heavy (non-hydrogen) atoms. The van der Waals surface area contributed by atoms with Gasteiger partial charge >= 0.3 is 0 Å². The van der Waals surface area contributed by atoms with Gasteiger partial charge in [-0.1, -0.05) is 6.07 Å². The van der Waals surface area contributed by atoms with Crippen molar-refractivity contribution in [3.8, 4) is 11.8 Å². The van der Waals surface area contributed by atoms with Gasteiger partial charge in [0.1, 0.15) is 12.1 Å². The van der Waals surface area contributed by atoms with E-state index in [1.807, 2.05) is 6.92 Å². The molecule has 0 spiro atoms. The number of hydrogen-bond acceptors (Lipinski definition) is 3. The number of ether oxygens (including phenoxy) is 1. The third-order valence-electron chi connectivity index (χ3n) is 3.46. The molecule has 3 nitrogen and oxygen atoms in total. The van der Waals surface area contributed by atoms with Crippen molar-refractivity contribution in [2.45, 2.75) is 25.3 Å². The summed E-state index contributed by atoms with van der Waals surface area (Å²) in [7, 11) is 1.75. The van der Waals surface area contributed by atoms with E-state index in [4.69, 9.17) is 4.74 Å². The van der Waals surface area contributed by atoms with Gasteiger partial charge in [-0.2, -0.15) is 5.26 Å². The number of benzene rings is 1. The second-order valence-electron chi connectivity index (χ2n) is 4.83. The van der Waals surface area contributed by atoms with Crippen LogP contribution in [0.2, 0.25) is 0 Å². The lowest BCUT2D eigenvalue weighted by Gasteiger charge is -2.26. The van der Waals surface area contributed by atoms with Crippen LogP contribution in [0.5, 0.6) is 5.75 Å². The van der Waals surface area contributed by atoms with E-state index in [2.05, 4.69) is 11.4 Å². The first-order valence-corrected chi connectivity index (χ1v) is 6.10. The minimum absolute atomic E-state index is 0.172. The van der Waals surface area contributed by atoms with Gasteiger partial charge in [0.25, 0.3) is 0 Å². The van der Waals surface area contributed by atoms with Crippen molar-refractivity contribution in [2.75, 3.05) is 13.7 Å². The van der Waals surface area contributed by atoms with E-state index < -0.39 is 5.54 Å². The van der Waals surface area contributed by atoms with Crippen LogP contribution in [0.25, 0.3) is 0 Å². The summed E-state index contributed by atoms with van der Waals surface area (Å²) < 4.78 is 19.0. The zero-order chi connectivity index (χ0) is 13.2. The van der Waals surface area contributed by atoms with E-state index in [9.17, 15) is 9.65 Å². The Morgan fingerprint density at radius 1 is 1.56 bits per heavy atom. The van der Waals surface area contributed by atoms with Crippen LogP contribution < -0.4 is 10.1 Å². The van der Waals surface area contributed by atoms with E-state index in [0.29, 0.717) is 5.92 Å². The van der Waals surface area contributed by atoms with Crippen molar-refractivity contribution >= 4 is 0 Å². The molecule has 1 aromatic rings. The molecule has 0 heterocycles. The Hall–Kier alpha value is -1.60. The zero-order valence-electron chi connectivity index (χ0n) is 10.7. The zero-order valence-corrected chi connectivity index (χ0v) is 10.7. The maximum atomic E-state index is 13.5. The highest BCUT2D eigenvalue weighted by atomic mass is 19.1. The number of nitriles is 1. The van der Waals surface area contributed by atoms with Crippen molar-refractivity contribution in [2.24, 2.45) is 5.92 Å². The quantitative estimate of drug-likeness (QED) is 0.870. The molecule has 0 saturated heterocycles. The number of rotatable bonds is 5. The molecule has 1 unspecified atom stereocenters. The first-order chi connectivity index (χ1) is 8.61. The summed E-state index contributed by atoms with van der Waals surface area (Å²) in [5, 5.41) is 12.3. The van der Waals surface area contributed by atoms with Gasteiger partial charge in [-0.15, -0.1) is 0 Å². The van der Waals surface area contributed by atoms with E-state index in [0.717, 1.165) is 18.4 Å². The summed E-state index contributed by atoms with van der Waals surface area (Å²) >= 11 is 0. The summed E-state index contributed by atoms with van der Waals surface area (Å²) in [6, 6.07) is 7.00. The number of nitrogens with one attached hydrogen (secondary N) is 1. The second kappa shape index (κ2) is 4.95. The third kappa shape index (κ3) is 2.46. The van der Waals surface area contributed by atoms with Gasteiger partial charge in [-0.25, -0.2) is 4.39 Å². The number of halogens is 1. The third-order valence-corrected chi connectivity index (χ3v) is 3.46. The van der Waals surface area contributed by atoms with Crippen molar-refractivity contribution in [3.63, 3.8) is 0 Å². The summed E-state index contributed by atoms with van der Waals surface area (Å²) in [5.41, 5.74) is 0.237. The normalized spacial score (nSPS) is 17.9. The Bertz CT molecular complexity index is 479. The molecule has 2 rings (SSSR count). The Kier molecular flexibility index (Phi) is 3.53. The lowest BCUT2D eigenvalue weighted by Crippen LogP contribution is -2.49. The molecule has 1 aromatic carbocycles. The monoisotopic (exact) mass is 248 g/mol. The van der Waals surface area contributed by atoms with Gasteiger partial charge in [-0.3, -0.25) is 5.32 Å². The molecule has 1 saturated carbocycles. The Morgan fingerprint density at radius 2 is 2.28 bits per heavy atom. The van der Waals surface area contributed by atoms with Crippen LogP contribution in [-0.2, 0) is 0 Å². The van der Waals surface area contributed by atoms with Gasteiger partial charge in [0, 0.05) is 0 Å². The Morgan fingerprint density at radius 3 is 2.83 bits per heavy atom. The molecule has 1 aliphatic rings. The first-order valence-electron chi connectivity index (χ1n) is 6.10. The maximum absolute atomic E-state index is 13.5. The number of nitrogens with zero attached hydrogens (tertiary/aromatic N) is 1. The fourth-order valence-corrected chi connectivity index (χ4v) is 2.06.